The number of halogens is 5. The van der Waals surface area contributed by atoms with E-state index in [1.807, 2.05) is 5.10 Å². The summed E-state index contributed by atoms with van der Waals surface area (Å²) in [6, 6.07) is 8.73. The van der Waals surface area contributed by atoms with E-state index in [1.165, 1.54) is 12.3 Å². The lowest BCUT2D eigenvalue weighted by molar-refractivity contribution is -0.141. The predicted molar refractivity (Wildman–Crippen MR) is 95.6 cm³/mol. The fourth-order valence-electron chi connectivity index (χ4n) is 2.35. The van der Waals surface area contributed by atoms with E-state index in [2.05, 4.69) is 15.4 Å². The zero-order valence-electron chi connectivity index (χ0n) is 13.4. The van der Waals surface area contributed by atoms with Crippen LogP contribution in [-0.2, 0) is 12.6 Å². The Morgan fingerprint density at radius 2 is 1.81 bits per heavy atom. The molecule has 0 saturated heterocycles. The molecule has 0 bridgehead atoms. The molecular formula is C17H11Cl2F3N4O. The lowest BCUT2D eigenvalue weighted by atomic mass is 10.0. The third-order valence-corrected chi connectivity index (χ3v) is 4.20. The average Bonchev–Trinajstić information content (AvgIpc) is 3.04. The minimum absolute atomic E-state index is 0.00494. The minimum Gasteiger partial charge on any atom is -0.323 e. The van der Waals surface area contributed by atoms with Gasteiger partial charge in [0.1, 0.15) is 11.5 Å². The highest BCUT2D eigenvalue weighted by Gasteiger charge is 2.33. The standard InChI is InChI=1S/C17H11Cl2F3N4O/c18-10-2-1-3-11(19)16(10)12(27)6-9-4-5-23-14(7-9)24-15-8-13(25-26-15)17(20,21)22/h1-5,7-8H,6H2,(H2,23,24,25,26). The van der Waals surface area contributed by atoms with Crippen LogP contribution in [0.25, 0.3) is 0 Å². The second-order valence-corrected chi connectivity index (χ2v) is 6.35. The Labute approximate surface area is 161 Å². The van der Waals surface area contributed by atoms with E-state index >= 15 is 0 Å². The van der Waals surface area contributed by atoms with Crippen molar-refractivity contribution in [2.24, 2.45) is 0 Å². The predicted octanol–water partition coefficient (Wildman–Crippen LogP) is 5.30. The van der Waals surface area contributed by atoms with Gasteiger partial charge < -0.3 is 5.32 Å². The van der Waals surface area contributed by atoms with E-state index in [0.717, 1.165) is 6.07 Å². The van der Waals surface area contributed by atoms with Crippen molar-refractivity contribution in [1.82, 2.24) is 15.2 Å². The normalized spacial score (nSPS) is 11.4. The molecule has 27 heavy (non-hydrogen) atoms. The lowest BCUT2D eigenvalue weighted by Gasteiger charge is -2.07. The molecule has 3 rings (SSSR count). The summed E-state index contributed by atoms with van der Waals surface area (Å²) in [7, 11) is 0. The molecule has 5 nitrogen and oxygen atoms in total. The summed E-state index contributed by atoms with van der Waals surface area (Å²) in [6.45, 7) is 0. The number of pyridine rings is 1. The molecule has 2 heterocycles. The Hall–Kier alpha value is -2.58. The number of nitrogens with zero attached hydrogens (tertiary/aromatic N) is 2. The number of benzene rings is 1. The zero-order valence-corrected chi connectivity index (χ0v) is 15.0. The number of alkyl halides is 3. The molecule has 0 atom stereocenters. The van der Waals surface area contributed by atoms with Crippen LogP contribution in [0, 0.1) is 0 Å². The van der Waals surface area contributed by atoms with Crippen LogP contribution in [0.15, 0.2) is 42.6 Å². The smallest absolute Gasteiger partial charge is 0.323 e. The van der Waals surface area contributed by atoms with Gasteiger partial charge in [-0.05, 0) is 29.8 Å². The van der Waals surface area contributed by atoms with Crippen LogP contribution >= 0.6 is 23.2 Å². The van der Waals surface area contributed by atoms with Gasteiger partial charge in [-0.2, -0.15) is 18.3 Å². The number of nitrogens with one attached hydrogen (secondary N) is 2. The van der Waals surface area contributed by atoms with Crippen molar-refractivity contribution in [2.75, 3.05) is 5.32 Å². The summed E-state index contributed by atoms with van der Waals surface area (Å²) in [5, 5.41) is 8.59. The van der Waals surface area contributed by atoms with Gasteiger partial charge in [-0.1, -0.05) is 29.3 Å². The molecule has 0 spiro atoms. The second-order valence-electron chi connectivity index (χ2n) is 5.54. The van der Waals surface area contributed by atoms with Crippen molar-refractivity contribution in [3.8, 4) is 0 Å². The summed E-state index contributed by atoms with van der Waals surface area (Å²) in [4.78, 5) is 16.5. The van der Waals surface area contributed by atoms with E-state index < -0.39 is 11.9 Å². The van der Waals surface area contributed by atoms with Gasteiger partial charge in [0.15, 0.2) is 11.6 Å². The first-order valence-corrected chi connectivity index (χ1v) is 8.31. The number of H-pyrrole nitrogens is 1. The number of ketones is 1. The van der Waals surface area contributed by atoms with Crippen LogP contribution in [0.2, 0.25) is 10.0 Å². The molecule has 3 aromatic rings. The van der Waals surface area contributed by atoms with Crippen LogP contribution in [0.1, 0.15) is 21.6 Å². The Kier molecular flexibility index (Phi) is 5.38. The fourth-order valence-corrected chi connectivity index (χ4v) is 2.96. The van der Waals surface area contributed by atoms with Crippen molar-refractivity contribution in [1.29, 1.82) is 0 Å². The van der Waals surface area contributed by atoms with Crippen LogP contribution in [0.5, 0.6) is 0 Å². The highest BCUT2D eigenvalue weighted by Crippen LogP contribution is 2.29. The summed E-state index contributed by atoms with van der Waals surface area (Å²) in [5.74, 6) is -0.0971. The van der Waals surface area contributed by atoms with Gasteiger partial charge >= 0.3 is 6.18 Å². The molecule has 0 unspecified atom stereocenters. The maximum absolute atomic E-state index is 12.6. The highest BCUT2D eigenvalue weighted by atomic mass is 35.5. The third kappa shape index (κ3) is 4.58. The van der Waals surface area contributed by atoms with E-state index in [4.69, 9.17) is 23.2 Å². The van der Waals surface area contributed by atoms with Gasteiger partial charge in [0.2, 0.25) is 0 Å². The number of hydrogen-bond donors (Lipinski definition) is 2. The number of aromatic nitrogens is 3. The SMILES string of the molecule is O=C(Cc1ccnc(Nc2cc(C(F)(F)F)[nH]n2)c1)c1c(Cl)cccc1Cl. The molecule has 2 aromatic heterocycles. The average molecular weight is 415 g/mol. The first kappa shape index (κ1) is 19.2. The van der Waals surface area contributed by atoms with Crippen LogP contribution in [0.3, 0.4) is 0 Å². The molecular weight excluding hydrogens is 404 g/mol. The van der Waals surface area contributed by atoms with E-state index in [0.29, 0.717) is 5.56 Å². The first-order valence-electron chi connectivity index (χ1n) is 7.56. The molecule has 0 aliphatic rings. The monoisotopic (exact) mass is 414 g/mol. The molecule has 0 radical (unpaired) electrons. The van der Waals surface area contributed by atoms with Crippen LogP contribution in [0.4, 0.5) is 24.8 Å². The molecule has 10 heteroatoms. The molecule has 1 aromatic carbocycles. The van der Waals surface area contributed by atoms with Crippen molar-refractivity contribution in [3.05, 3.63) is 69.5 Å². The van der Waals surface area contributed by atoms with Crippen molar-refractivity contribution in [2.45, 2.75) is 12.6 Å². The maximum atomic E-state index is 12.6. The Balaban J connectivity index is 1.76. The Morgan fingerprint density at radius 3 is 2.44 bits per heavy atom. The zero-order chi connectivity index (χ0) is 19.6. The van der Waals surface area contributed by atoms with Gasteiger partial charge in [-0.15, -0.1) is 0 Å². The van der Waals surface area contributed by atoms with Gasteiger partial charge in [-0.3, -0.25) is 9.89 Å². The molecule has 0 saturated carbocycles. The topological polar surface area (TPSA) is 70.7 Å². The van der Waals surface area contributed by atoms with E-state index in [-0.39, 0.29) is 39.4 Å². The quantitative estimate of drug-likeness (QED) is 0.555. The Morgan fingerprint density at radius 1 is 1.11 bits per heavy atom. The number of Topliss-reactive ketones (excluding diaryl/α,β-unsaturated/α-hetero) is 1. The van der Waals surface area contributed by atoms with E-state index in [1.54, 1.807) is 24.3 Å². The number of hydrogen-bond acceptors (Lipinski definition) is 4. The minimum atomic E-state index is -4.52. The summed E-state index contributed by atoms with van der Waals surface area (Å²) < 4.78 is 37.8. The van der Waals surface area contributed by atoms with Gasteiger partial charge in [-0.25, -0.2) is 4.98 Å². The fraction of sp³-hybridized carbons (Fsp3) is 0.118. The first-order chi connectivity index (χ1) is 12.7. The Bertz CT molecular complexity index is 968. The molecule has 0 fully saturated rings. The molecule has 0 amide bonds. The number of carbonyl (C=O) groups is 1. The summed E-state index contributed by atoms with van der Waals surface area (Å²) in [5.41, 5.74) is -0.181. The largest absolute Gasteiger partial charge is 0.432 e. The lowest BCUT2D eigenvalue weighted by Crippen LogP contribution is -2.06. The van der Waals surface area contributed by atoms with Gasteiger partial charge in [0.25, 0.3) is 0 Å². The summed E-state index contributed by atoms with van der Waals surface area (Å²) >= 11 is 12.1. The molecule has 2 N–H and O–H groups in total. The maximum Gasteiger partial charge on any atom is 0.432 e. The molecule has 0 aliphatic carbocycles. The summed E-state index contributed by atoms with van der Waals surface area (Å²) in [6.07, 6.45) is -3.10. The number of rotatable bonds is 5. The third-order valence-electron chi connectivity index (χ3n) is 3.57. The second kappa shape index (κ2) is 7.58. The number of aromatic amines is 1. The van der Waals surface area contributed by atoms with Crippen LogP contribution in [-0.4, -0.2) is 21.0 Å². The van der Waals surface area contributed by atoms with Gasteiger partial charge in [0, 0.05) is 18.7 Å². The highest BCUT2D eigenvalue weighted by molar-refractivity contribution is 6.39. The van der Waals surface area contributed by atoms with Crippen LogP contribution < -0.4 is 5.32 Å². The van der Waals surface area contributed by atoms with Gasteiger partial charge in [0.05, 0.1) is 15.6 Å². The van der Waals surface area contributed by atoms with Crippen molar-refractivity contribution < 1.29 is 18.0 Å². The molecule has 0 aliphatic heterocycles. The number of carbonyl (C=O) groups excluding carboxylic acids is 1. The van der Waals surface area contributed by atoms with Crippen molar-refractivity contribution in [3.63, 3.8) is 0 Å². The number of anilines is 2. The van der Waals surface area contributed by atoms with Crippen molar-refractivity contribution >= 4 is 40.6 Å². The molecule has 140 valence electrons. The van der Waals surface area contributed by atoms with E-state index in [9.17, 15) is 18.0 Å².